The molecule has 0 aromatic carbocycles. The van der Waals surface area contributed by atoms with E-state index in [2.05, 4.69) is 20.7 Å². The molecule has 122 valence electrons. The van der Waals surface area contributed by atoms with Gasteiger partial charge >= 0.3 is 0 Å². The highest BCUT2D eigenvalue weighted by molar-refractivity contribution is 6.07. The third-order valence-electron chi connectivity index (χ3n) is 4.18. The van der Waals surface area contributed by atoms with Gasteiger partial charge in [0.2, 0.25) is 5.91 Å². The number of hydrogen-bond acceptors (Lipinski definition) is 4. The SMILES string of the molecule is Cc1cc(C(=O)NC2CCCCNC2=O)c2c(C)nn(C)c2n1. The smallest absolute Gasteiger partial charge is 0.252 e. The first kappa shape index (κ1) is 15.5. The third kappa shape index (κ3) is 2.91. The molecule has 0 spiro atoms. The molecule has 2 N–H and O–H groups in total. The molecule has 0 saturated carbocycles. The second kappa shape index (κ2) is 5.98. The zero-order valence-corrected chi connectivity index (χ0v) is 13.6. The Morgan fingerprint density at radius 1 is 1.39 bits per heavy atom. The number of aryl methyl sites for hydroxylation is 3. The summed E-state index contributed by atoms with van der Waals surface area (Å²) < 4.78 is 1.67. The summed E-state index contributed by atoms with van der Waals surface area (Å²) in [4.78, 5) is 29.2. The minimum absolute atomic E-state index is 0.110. The lowest BCUT2D eigenvalue weighted by molar-refractivity contribution is -0.122. The van der Waals surface area contributed by atoms with E-state index in [4.69, 9.17) is 0 Å². The summed E-state index contributed by atoms with van der Waals surface area (Å²) in [7, 11) is 1.81. The van der Waals surface area contributed by atoms with Crippen LogP contribution in [-0.2, 0) is 11.8 Å². The highest BCUT2D eigenvalue weighted by Gasteiger charge is 2.25. The van der Waals surface area contributed by atoms with Gasteiger partial charge in [-0.05, 0) is 39.2 Å². The number of hydrogen-bond donors (Lipinski definition) is 2. The Bertz CT molecular complexity index is 780. The maximum Gasteiger partial charge on any atom is 0.252 e. The zero-order valence-electron chi connectivity index (χ0n) is 13.6. The summed E-state index contributed by atoms with van der Waals surface area (Å²) in [5.74, 6) is -0.362. The predicted molar refractivity (Wildman–Crippen MR) is 86.1 cm³/mol. The van der Waals surface area contributed by atoms with Crippen LogP contribution in [-0.4, -0.2) is 39.2 Å². The molecule has 23 heavy (non-hydrogen) atoms. The fourth-order valence-corrected chi connectivity index (χ4v) is 3.06. The van der Waals surface area contributed by atoms with Gasteiger partial charge in [-0.25, -0.2) is 4.98 Å². The monoisotopic (exact) mass is 315 g/mol. The van der Waals surface area contributed by atoms with Gasteiger partial charge in [0, 0.05) is 19.3 Å². The molecule has 0 aliphatic carbocycles. The lowest BCUT2D eigenvalue weighted by Crippen LogP contribution is -2.45. The highest BCUT2D eigenvalue weighted by atomic mass is 16.2. The average molecular weight is 315 g/mol. The van der Waals surface area contributed by atoms with Gasteiger partial charge in [0.25, 0.3) is 5.91 Å². The minimum atomic E-state index is -0.481. The fourth-order valence-electron chi connectivity index (χ4n) is 3.06. The van der Waals surface area contributed by atoms with Gasteiger partial charge in [0.1, 0.15) is 6.04 Å². The summed E-state index contributed by atoms with van der Waals surface area (Å²) in [6.07, 6.45) is 2.52. The maximum atomic E-state index is 12.7. The molecule has 3 heterocycles. The standard InChI is InChI=1S/C16H21N5O2/c1-9-8-11(13-10(2)20-21(3)14(13)18-9)15(22)19-12-6-4-5-7-17-16(12)23/h8,12H,4-7H2,1-3H3,(H,17,23)(H,19,22). The molecule has 1 fully saturated rings. The van der Waals surface area contributed by atoms with Gasteiger partial charge in [-0.15, -0.1) is 0 Å². The molecule has 7 nitrogen and oxygen atoms in total. The molecule has 3 rings (SSSR count). The molecule has 7 heteroatoms. The van der Waals surface area contributed by atoms with Crippen molar-refractivity contribution >= 4 is 22.8 Å². The second-order valence-corrected chi connectivity index (χ2v) is 6.03. The number of amides is 2. The van der Waals surface area contributed by atoms with Crippen molar-refractivity contribution < 1.29 is 9.59 Å². The molecule has 1 unspecified atom stereocenters. The zero-order chi connectivity index (χ0) is 16.6. The molecular formula is C16H21N5O2. The minimum Gasteiger partial charge on any atom is -0.354 e. The Hall–Kier alpha value is -2.44. The van der Waals surface area contributed by atoms with Crippen LogP contribution >= 0.6 is 0 Å². The van der Waals surface area contributed by atoms with Crippen molar-refractivity contribution in [2.24, 2.45) is 7.05 Å². The van der Waals surface area contributed by atoms with Crippen LogP contribution < -0.4 is 10.6 Å². The van der Waals surface area contributed by atoms with Crippen molar-refractivity contribution in [3.8, 4) is 0 Å². The number of rotatable bonds is 2. The van der Waals surface area contributed by atoms with E-state index in [1.165, 1.54) is 0 Å². The number of pyridine rings is 1. The predicted octanol–water partition coefficient (Wildman–Crippen LogP) is 0.984. The molecule has 1 saturated heterocycles. The van der Waals surface area contributed by atoms with E-state index >= 15 is 0 Å². The number of nitrogens with zero attached hydrogens (tertiary/aromatic N) is 3. The number of aromatic nitrogens is 3. The second-order valence-electron chi connectivity index (χ2n) is 6.03. The van der Waals surface area contributed by atoms with Crippen molar-refractivity contribution in [3.63, 3.8) is 0 Å². The lowest BCUT2D eigenvalue weighted by atomic mass is 10.1. The topological polar surface area (TPSA) is 88.9 Å². The molecule has 1 aliphatic heterocycles. The Morgan fingerprint density at radius 3 is 2.96 bits per heavy atom. The van der Waals surface area contributed by atoms with Crippen molar-refractivity contribution in [1.82, 2.24) is 25.4 Å². The number of carbonyl (C=O) groups excluding carboxylic acids is 2. The molecule has 1 atom stereocenters. The van der Waals surface area contributed by atoms with E-state index in [0.29, 0.717) is 24.2 Å². The quantitative estimate of drug-likeness (QED) is 0.865. The van der Waals surface area contributed by atoms with Crippen LogP contribution in [0, 0.1) is 13.8 Å². The van der Waals surface area contributed by atoms with Crippen LogP contribution in [0.4, 0.5) is 0 Å². The molecule has 0 radical (unpaired) electrons. The van der Waals surface area contributed by atoms with Crippen molar-refractivity contribution in [2.45, 2.75) is 39.2 Å². The van der Waals surface area contributed by atoms with E-state index < -0.39 is 6.04 Å². The summed E-state index contributed by atoms with van der Waals surface area (Å²) in [5.41, 5.74) is 2.70. The van der Waals surface area contributed by atoms with Crippen molar-refractivity contribution in [2.75, 3.05) is 6.54 Å². The van der Waals surface area contributed by atoms with Gasteiger partial charge in [-0.1, -0.05) is 0 Å². The van der Waals surface area contributed by atoms with E-state index in [1.54, 1.807) is 10.7 Å². The first-order chi connectivity index (χ1) is 11.0. The highest BCUT2D eigenvalue weighted by Crippen LogP contribution is 2.22. The van der Waals surface area contributed by atoms with Crippen LogP contribution in [0.1, 0.15) is 41.0 Å². The van der Waals surface area contributed by atoms with Crippen LogP contribution in [0.15, 0.2) is 6.07 Å². The molecule has 0 bridgehead atoms. The molecule has 2 aromatic rings. The Labute approximate surface area is 134 Å². The molecular weight excluding hydrogens is 294 g/mol. The Morgan fingerprint density at radius 2 is 2.17 bits per heavy atom. The summed E-state index contributed by atoms with van der Waals surface area (Å²) in [5, 5.41) is 10.8. The van der Waals surface area contributed by atoms with E-state index in [0.717, 1.165) is 29.6 Å². The van der Waals surface area contributed by atoms with Crippen molar-refractivity contribution in [3.05, 3.63) is 23.0 Å². The largest absolute Gasteiger partial charge is 0.354 e. The van der Waals surface area contributed by atoms with E-state index in [-0.39, 0.29) is 11.8 Å². The van der Waals surface area contributed by atoms with Gasteiger partial charge in [-0.3, -0.25) is 14.3 Å². The maximum absolute atomic E-state index is 12.7. The van der Waals surface area contributed by atoms with Gasteiger partial charge < -0.3 is 10.6 Å². The number of fused-ring (bicyclic) bond motifs is 1. The fraction of sp³-hybridized carbons (Fsp3) is 0.500. The van der Waals surface area contributed by atoms with Gasteiger partial charge in [0.05, 0.1) is 16.6 Å². The van der Waals surface area contributed by atoms with Crippen molar-refractivity contribution in [1.29, 1.82) is 0 Å². The Kier molecular flexibility index (Phi) is 4.02. The summed E-state index contributed by atoms with van der Waals surface area (Å²) >= 11 is 0. The average Bonchev–Trinajstić information content (AvgIpc) is 2.66. The molecule has 2 amide bonds. The summed E-state index contributed by atoms with van der Waals surface area (Å²) in [6.45, 7) is 4.37. The first-order valence-electron chi connectivity index (χ1n) is 7.87. The number of nitrogens with one attached hydrogen (secondary N) is 2. The van der Waals surface area contributed by atoms with Crippen LogP contribution in [0.3, 0.4) is 0 Å². The number of carbonyl (C=O) groups is 2. The normalized spacial score (nSPS) is 18.6. The van der Waals surface area contributed by atoms with Gasteiger partial charge in [0.15, 0.2) is 5.65 Å². The lowest BCUT2D eigenvalue weighted by Gasteiger charge is -2.16. The van der Waals surface area contributed by atoms with E-state index in [1.807, 2.05) is 20.9 Å². The molecule has 2 aromatic heterocycles. The van der Waals surface area contributed by atoms with Crippen LogP contribution in [0.5, 0.6) is 0 Å². The van der Waals surface area contributed by atoms with E-state index in [9.17, 15) is 9.59 Å². The Balaban J connectivity index is 1.96. The third-order valence-corrected chi connectivity index (χ3v) is 4.18. The van der Waals surface area contributed by atoms with Crippen LogP contribution in [0.2, 0.25) is 0 Å². The van der Waals surface area contributed by atoms with Gasteiger partial charge in [-0.2, -0.15) is 5.10 Å². The summed E-state index contributed by atoms with van der Waals surface area (Å²) in [6, 6.07) is 1.27. The first-order valence-corrected chi connectivity index (χ1v) is 7.87. The molecule has 1 aliphatic rings. The van der Waals surface area contributed by atoms with Crippen LogP contribution in [0.25, 0.3) is 11.0 Å².